The highest BCUT2D eigenvalue weighted by molar-refractivity contribution is 7.79. The number of hydrogen-bond donors (Lipinski definition) is 1. The lowest BCUT2D eigenvalue weighted by atomic mass is 10.2. The molecule has 0 aliphatic heterocycles. The Balaban J connectivity index is 2.58. The van der Waals surface area contributed by atoms with Gasteiger partial charge >= 0.3 is 11.3 Å². The summed E-state index contributed by atoms with van der Waals surface area (Å²) in [7, 11) is 0. The van der Waals surface area contributed by atoms with Crippen LogP contribution in [0.25, 0.3) is 0 Å². The molecule has 1 N–H and O–H groups in total. The van der Waals surface area contributed by atoms with Crippen LogP contribution in [-0.2, 0) is 16.1 Å². The minimum atomic E-state index is -1.89. The molecule has 0 radical (unpaired) electrons. The highest BCUT2D eigenvalue weighted by Gasteiger charge is 2.08. The van der Waals surface area contributed by atoms with Gasteiger partial charge < -0.3 is 4.18 Å². The minimum absolute atomic E-state index is 0.279. The Kier molecular flexibility index (Phi) is 4.25. The summed E-state index contributed by atoms with van der Waals surface area (Å²) in [6.45, 7) is 6.85. The second-order valence-corrected chi connectivity index (χ2v) is 4.19. The Morgan fingerprint density at radius 2 is 2.19 bits per heavy atom. The smallest absolute Gasteiger partial charge is 0.318 e. The number of rotatable bonds is 4. The van der Waals surface area contributed by atoms with Crippen molar-refractivity contribution in [3.63, 3.8) is 0 Å². The van der Waals surface area contributed by atoms with E-state index in [1.54, 1.807) is 18.2 Å². The number of hydrogen-bond acceptors (Lipinski definition) is 3. The van der Waals surface area contributed by atoms with Crippen LogP contribution in [0.3, 0.4) is 0 Å². The van der Waals surface area contributed by atoms with Gasteiger partial charge in [0.2, 0.25) is 0 Å². The highest BCUT2D eigenvalue weighted by atomic mass is 32.2. The first kappa shape index (κ1) is 12.4. The van der Waals surface area contributed by atoms with Gasteiger partial charge in [-0.05, 0) is 31.5 Å². The molecule has 0 bridgehead atoms. The molecular weight excluding hydrogens is 226 g/mol. The van der Waals surface area contributed by atoms with E-state index in [2.05, 4.69) is 11.3 Å². The van der Waals surface area contributed by atoms with Crippen LogP contribution in [0.1, 0.15) is 12.5 Å². The number of aryl methyl sites for hydroxylation is 1. The van der Waals surface area contributed by atoms with Crippen molar-refractivity contribution in [2.45, 2.75) is 13.8 Å². The average molecular weight is 239 g/mol. The summed E-state index contributed by atoms with van der Waals surface area (Å²) in [4.78, 5) is 11.1. The Hall–Kier alpha value is -1.62. The predicted molar refractivity (Wildman–Crippen MR) is 62.9 cm³/mol. The van der Waals surface area contributed by atoms with Crippen molar-refractivity contribution in [3.8, 4) is 5.75 Å². The molecule has 1 atom stereocenters. The molecule has 1 rings (SSSR count). The van der Waals surface area contributed by atoms with Crippen LogP contribution in [0.2, 0.25) is 0 Å². The largest absolute Gasteiger partial charge is 0.385 e. The van der Waals surface area contributed by atoms with E-state index in [0.29, 0.717) is 5.75 Å². The van der Waals surface area contributed by atoms with Gasteiger partial charge in [0, 0.05) is 5.57 Å². The van der Waals surface area contributed by atoms with Crippen molar-refractivity contribution in [1.29, 1.82) is 0 Å². The van der Waals surface area contributed by atoms with Crippen molar-refractivity contribution in [1.82, 2.24) is 4.72 Å². The molecule has 0 saturated heterocycles. The first-order valence-electron chi connectivity index (χ1n) is 4.62. The fourth-order valence-electron chi connectivity index (χ4n) is 0.938. The number of carbonyl (C=O) groups is 1. The predicted octanol–water partition coefficient (Wildman–Crippen LogP) is 1.64. The van der Waals surface area contributed by atoms with Crippen LogP contribution in [0.15, 0.2) is 36.4 Å². The Labute approximate surface area is 97.1 Å². The molecule has 1 aromatic carbocycles. The molecule has 1 unspecified atom stereocenters. The first-order valence-corrected chi connectivity index (χ1v) is 5.70. The van der Waals surface area contributed by atoms with E-state index < -0.39 is 17.2 Å². The molecule has 0 aliphatic rings. The molecule has 86 valence electrons. The lowest BCUT2D eigenvalue weighted by molar-refractivity contribution is -0.115. The van der Waals surface area contributed by atoms with Crippen molar-refractivity contribution in [2.24, 2.45) is 0 Å². The molecule has 1 aromatic rings. The third-order valence-corrected chi connectivity index (χ3v) is 2.42. The molecule has 5 heteroatoms. The number of amides is 1. The molecule has 1 amide bonds. The lowest BCUT2D eigenvalue weighted by Gasteiger charge is -2.06. The quantitative estimate of drug-likeness (QED) is 0.813. The maximum atomic E-state index is 11.4. The normalized spacial score (nSPS) is 11.6. The standard InChI is InChI=1S/C11H13NO3S/c1-8(2)11(13)12-16(14)15-10-6-4-5-9(3)7-10/h4-7H,1H2,2-3H3,(H,12,13). The van der Waals surface area contributed by atoms with Crippen LogP contribution in [0.5, 0.6) is 5.75 Å². The average Bonchev–Trinajstić information content (AvgIpc) is 2.16. The van der Waals surface area contributed by atoms with E-state index in [0.717, 1.165) is 5.56 Å². The molecule has 0 saturated carbocycles. The van der Waals surface area contributed by atoms with Crippen LogP contribution in [-0.4, -0.2) is 10.1 Å². The topological polar surface area (TPSA) is 55.4 Å². The van der Waals surface area contributed by atoms with E-state index in [9.17, 15) is 9.00 Å². The van der Waals surface area contributed by atoms with Gasteiger partial charge in [0.25, 0.3) is 5.91 Å². The van der Waals surface area contributed by atoms with Crippen molar-refractivity contribution >= 4 is 17.2 Å². The van der Waals surface area contributed by atoms with Crippen molar-refractivity contribution in [2.75, 3.05) is 0 Å². The molecular formula is C11H13NO3S. The Morgan fingerprint density at radius 1 is 1.50 bits per heavy atom. The molecule has 16 heavy (non-hydrogen) atoms. The molecule has 0 heterocycles. The van der Waals surface area contributed by atoms with Gasteiger partial charge in [-0.3, -0.25) is 4.79 Å². The molecule has 4 nitrogen and oxygen atoms in total. The molecule has 0 spiro atoms. The molecule has 0 fully saturated rings. The number of carbonyl (C=O) groups excluding carboxylic acids is 1. The van der Waals surface area contributed by atoms with Gasteiger partial charge in [0.15, 0.2) is 0 Å². The first-order chi connectivity index (χ1) is 7.49. The van der Waals surface area contributed by atoms with E-state index in [-0.39, 0.29) is 5.57 Å². The van der Waals surface area contributed by atoms with Gasteiger partial charge in [-0.25, -0.2) is 4.72 Å². The zero-order valence-electron chi connectivity index (χ0n) is 9.15. The number of nitrogens with one attached hydrogen (secondary N) is 1. The fourth-order valence-corrected chi connectivity index (χ4v) is 1.58. The van der Waals surface area contributed by atoms with Crippen LogP contribution >= 0.6 is 0 Å². The van der Waals surface area contributed by atoms with Gasteiger partial charge in [-0.2, -0.15) is 4.21 Å². The zero-order chi connectivity index (χ0) is 12.1. The summed E-state index contributed by atoms with van der Waals surface area (Å²) < 4.78 is 18.5. The zero-order valence-corrected chi connectivity index (χ0v) is 9.97. The summed E-state index contributed by atoms with van der Waals surface area (Å²) in [5.41, 5.74) is 1.27. The molecule has 0 aliphatic carbocycles. The van der Waals surface area contributed by atoms with Gasteiger partial charge in [0.05, 0.1) is 0 Å². The SMILES string of the molecule is C=C(C)C(=O)NS(=O)Oc1cccc(C)c1. The second kappa shape index (κ2) is 5.46. The van der Waals surface area contributed by atoms with Crippen LogP contribution in [0, 0.1) is 6.92 Å². The summed E-state index contributed by atoms with van der Waals surface area (Å²) in [5, 5.41) is 0. The fraction of sp³-hybridized carbons (Fsp3) is 0.182. The molecule has 0 aromatic heterocycles. The summed E-state index contributed by atoms with van der Waals surface area (Å²) >= 11 is -1.89. The minimum Gasteiger partial charge on any atom is -0.385 e. The van der Waals surface area contributed by atoms with E-state index >= 15 is 0 Å². The monoisotopic (exact) mass is 239 g/mol. The second-order valence-electron chi connectivity index (χ2n) is 3.35. The van der Waals surface area contributed by atoms with E-state index in [1.165, 1.54) is 6.92 Å². The van der Waals surface area contributed by atoms with Crippen molar-refractivity contribution in [3.05, 3.63) is 42.0 Å². The van der Waals surface area contributed by atoms with Crippen molar-refractivity contribution < 1.29 is 13.2 Å². The summed E-state index contributed by atoms with van der Waals surface area (Å²) in [6.07, 6.45) is 0. The third kappa shape index (κ3) is 3.86. The van der Waals surface area contributed by atoms with Gasteiger partial charge in [0.1, 0.15) is 5.75 Å². The highest BCUT2D eigenvalue weighted by Crippen LogP contribution is 2.12. The van der Waals surface area contributed by atoms with Gasteiger partial charge in [-0.15, -0.1) is 0 Å². The summed E-state index contributed by atoms with van der Waals surface area (Å²) in [5.74, 6) is -0.0497. The maximum Gasteiger partial charge on any atom is 0.318 e. The lowest BCUT2D eigenvalue weighted by Crippen LogP contribution is -2.28. The van der Waals surface area contributed by atoms with Crippen LogP contribution < -0.4 is 8.91 Å². The van der Waals surface area contributed by atoms with E-state index in [4.69, 9.17) is 4.18 Å². The van der Waals surface area contributed by atoms with Gasteiger partial charge in [-0.1, -0.05) is 18.7 Å². The Morgan fingerprint density at radius 3 is 2.75 bits per heavy atom. The van der Waals surface area contributed by atoms with Crippen LogP contribution in [0.4, 0.5) is 0 Å². The van der Waals surface area contributed by atoms with E-state index in [1.807, 2.05) is 13.0 Å². The Bertz CT molecular complexity index is 443. The maximum absolute atomic E-state index is 11.4. The number of benzene rings is 1. The summed E-state index contributed by atoms with van der Waals surface area (Å²) in [6, 6.07) is 7.06. The third-order valence-electron chi connectivity index (χ3n) is 1.73.